The molecule has 1 aromatic heterocycles. The molecule has 4 nitrogen and oxygen atoms in total. The van der Waals surface area contributed by atoms with E-state index >= 15 is 0 Å². The summed E-state index contributed by atoms with van der Waals surface area (Å²) in [4.78, 5) is 14.8. The number of aliphatic carboxylic acids is 1. The maximum Gasteiger partial charge on any atom is 0.303 e. The summed E-state index contributed by atoms with van der Waals surface area (Å²) in [7, 11) is 0. The Morgan fingerprint density at radius 3 is 2.61 bits per heavy atom. The Bertz CT molecular complexity index is 379. The van der Waals surface area contributed by atoms with Crippen molar-refractivity contribution < 1.29 is 9.90 Å². The van der Waals surface area contributed by atoms with Crippen LogP contribution < -0.4 is 0 Å². The summed E-state index contributed by atoms with van der Waals surface area (Å²) in [6.07, 6.45) is 13.7. The Morgan fingerprint density at radius 1 is 1.28 bits per heavy atom. The molecule has 0 aliphatic heterocycles. The molecule has 4 heteroatoms. The second kappa shape index (κ2) is 6.57. The standard InChI is InChI=1S/C14H22N2O2/c17-14(18)9-8-12-10-16(11-15-12)13-6-4-2-1-3-5-7-13/h10-11,13H,1-9H2,(H,17,18). The monoisotopic (exact) mass is 250 g/mol. The molecule has 0 atom stereocenters. The van der Waals surface area contributed by atoms with E-state index in [0.29, 0.717) is 12.5 Å². The molecule has 1 fully saturated rings. The van der Waals surface area contributed by atoms with Gasteiger partial charge in [0.05, 0.1) is 18.4 Å². The second-order valence-electron chi connectivity index (χ2n) is 5.20. The van der Waals surface area contributed by atoms with Gasteiger partial charge in [0.25, 0.3) is 0 Å². The van der Waals surface area contributed by atoms with Crippen molar-refractivity contribution in [3.63, 3.8) is 0 Å². The average Bonchev–Trinajstić information content (AvgIpc) is 2.74. The number of aryl methyl sites for hydroxylation is 1. The van der Waals surface area contributed by atoms with Crippen molar-refractivity contribution in [3.8, 4) is 0 Å². The first-order valence-electron chi connectivity index (χ1n) is 7.00. The van der Waals surface area contributed by atoms with Crippen LogP contribution in [0.3, 0.4) is 0 Å². The fourth-order valence-electron chi connectivity index (χ4n) is 2.68. The molecular formula is C14H22N2O2. The lowest BCUT2D eigenvalue weighted by Crippen LogP contribution is -2.09. The molecule has 0 amide bonds. The van der Waals surface area contributed by atoms with Crippen molar-refractivity contribution in [1.29, 1.82) is 0 Å². The smallest absolute Gasteiger partial charge is 0.303 e. The van der Waals surface area contributed by atoms with E-state index in [4.69, 9.17) is 5.11 Å². The van der Waals surface area contributed by atoms with Crippen LogP contribution in [0, 0.1) is 0 Å². The topological polar surface area (TPSA) is 55.1 Å². The molecule has 1 heterocycles. The first-order chi connectivity index (χ1) is 8.75. The molecule has 0 bridgehead atoms. The number of rotatable bonds is 4. The highest BCUT2D eigenvalue weighted by Crippen LogP contribution is 2.26. The summed E-state index contributed by atoms with van der Waals surface area (Å²) in [5.41, 5.74) is 0.902. The van der Waals surface area contributed by atoms with Gasteiger partial charge in [0.15, 0.2) is 0 Å². The van der Waals surface area contributed by atoms with Crippen molar-refractivity contribution in [1.82, 2.24) is 9.55 Å². The van der Waals surface area contributed by atoms with E-state index < -0.39 is 5.97 Å². The summed E-state index contributed by atoms with van der Waals surface area (Å²) in [6.45, 7) is 0. The number of carboxylic acids is 1. The van der Waals surface area contributed by atoms with Crippen molar-refractivity contribution in [2.24, 2.45) is 0 Å². The van der Waals surface area contributed by atoms with Crippen LogP contribution in [0.25, 0.3) is 0 Å². The van der Waals surface area contributed by atoms with Gasteiger partial charge in [-0.15, -0.1) is 0 Å². The molecule has 2 rings (SSSR count). The van der Waals surface area contributed by atoms with Crippen LogP contribution in [0.15, 0.2) is 12.5 Å². The summed E-state index contributed by atoms with van der Waals surface area (Å²) in [6, 6.07) is 0.566. The zero-order valence-electron chi connectivity index (χ0n) is 10.8. The van der Waals surface area contributed by atoms with E-state index in [1.165, 1.54) is 44.9 Å². The molecule has 0 spiro atoms. The van der Waals surface area contributed by atoms with Crippen LogP contribution in [0.5, 0.6) is 0 Å². The van der Waals surface area contributed by atoms with Gasteiger partial charge in [-0.1, -0.05) is 32.1 Å². The van der Waals surface area contributed by atoms with Gasteiger partial charge in [-0.05, 0) is 12.8 Å². The van der Waals surface area contributed by atoms with Crippen LogP contribution in [-0.4, -0.2) is 20.6 Å². The zero-order chi connectivity index (χ0) is 12.8. The molecule has 1 aliphatic carbocycles. The van der Waals surface area contributed by atoms with E-state index in [0.717, 1.165) is 5.69 Å². The first-order valence-corrected chi connectivity index (χ1v) is 7.00. The molecule has 1 N–H and O–H groups in total. The Kier molecular flexibility index (Phi) is 4.79. The Labute approximate surface area is 108 Å². The van der Waals surface area contributed by atoms with Crippen molar-refractivity contribution in [2.45, 2.75) is 63.8 Å². The van der Waals surface area contributed by atoms with E-state index in [2.05, 4.69) is 9.55 Å². The van der Waals surface area contributed by atoms with E-state index in [-0.39, 0.29) is 6.42 Å². The van der Waals surface area contributed by atoms with Gasteiger partial charge in [0.1, 0.15) is 0 Å². The fraction of sp³-hybridized carbons (Fsp3) is 0.714. The molecule has 0 unspecified atom stereocenters. The van der Waals surface area contributed by atoms with Crippen LogP contribution >= 0.6 is 0 Å². The van der Waals surface area contributed by atoms with Crippen LogP contribution in [0.4, 0.5) is 0 Å². The van der Waals surface area contributed by atoms with E-state index in [9.17, 15) is 4.79 Å². The fourth-order valence-corrected chi connectivity index (χ4v) is 2.68. The van der Waals surface area contributed by atoms with Crippen molar-refractivity contribution in [2.75, 3.05) is 0 Å². The van der Waals surface area contributed by atoms with Gasteiger partial charge in [0.2, 0.25) is 0 Å². The van der Waals surface area contributed by atoms with Crippen LogP contribution in [-0.2, 0) is 11.2 Å². The Hall–Kier alpha value is -1.32. The third kappa shape index (κ3) is 3.86. The third-order valence-electron chi connectivity index (χ3n) is 3.75. The van der Waals surface area contributed by atoms with E-state index in [1.54, 1.807) is 0 Å². The molecule has 0 saturated heterocycles. The lowest BCUT2D eigenvalue weighted by Gasteiger charge is -2.20. The van der Waals surface area contributed by atoms with Crippen molar-refractivity contribution in [3.05, 3.63) is 18.2 Å². The predicted molar refractivity (Wildman–Crippen MR) is 69.5 cm³/mol. The number of hydrogen-bond donors (Lipinski definition) is 1. The lowest BCUT2D eigenvalue weighted by molar-refractivity contribution is -0.136. The van der Waals surface area contributed by atoms with Gasteiger partial charge >= 0.3 is 5.97 Å². The van der Waals surface area contributed by atoms with Crippen LogP contribution in [0.1, 0.15) is 63.1 Å². The average molecular weight is 250 g/mol. The second-order valence-corrected chi connectivity index (χ2v) is 5.20. The molecule has 18 heavy (non-hydrogen) atoms. The number of aromatic nitrogens is 2. The SMILES string of the molecule is O=C(O)CCc1cn(C2CCCCCCC2)cn1. The Balaban J connectivity index is 1.92. The minimum atomic E-state index is -0.754. The largest absolute Gasteiger partial charge is 0.481 e. The van der Waals surface area contributed by atoms with Gasteiger partial charge in [0, 0.05) is 18.7 Å². The number of nitrogens with zero attached hydrogens (tertiary/aromatic N) is 2. The van der Waals surface area contributed by atoms with Gasteiger partial charge < -0.3 is 9.67 Å². The van der Waals surface area contributed by atoms with E-state index in [1.807, 2.05) is 12.5 Å². The summed E-state index contributed by atoms with van der Waals surface area (Å²) >= 11 is 0. The molecule has 0 aromatic carbocycles. The van der Waals surface area contributed by atoms with Crippen molar-refractivity contribution >= 4 is 5.97 Å². The molecular weight excluding hydrogens is 228 g/mol. The normalized spacial score (nSPS) is 18.2. The van der Waals surface area contributed by atoms with Crippen LogP contribution in [0.2, 0.25) is 0 Å². The summed E-state index contributed by atoms with van der Waals surface area (Å²) in [5.74, 6) is -0.754. The number of imidazole rings is 1. The molecule has 0 radical (unpaired) electrons. The Morgan fingerprint density at radius 2 is 1.94 bits per heavy atom. The maximum atomic E-state index is 10.5. The lowest BCUT2D eigenvalue weighted by atomic mass is 9.97. The highest BCUT2D eigenvalue weighted by molar-refractivity contribution is 5.66. The first kappa shape index (κ1) is 13.1. The molecule has 100 valence electrons. The number of carboxylic acid groups (broad SMARTS) is 1. The predicted octanol–water partition coefficient (Wildman–Crippen LogP) is 3.19. The highest BCUT2D eigenvalue weighted by atomic mass is 16.4. The zero-order valence-corrected chi connectivity index (χ0v) is 10.8. The van der Waals surface area contributed by atoms with Gasteiger partial charge in [-0.25, -0.2) is 4.98 Å². The molecule has 1 aliphatic rings. The minimum absolute atomic E-state index is 0.168. The number of carbonyl (C=O) groups is 1. The quantitative estimate of drug-likeness (QED) is 0.892. The number of hydrogen-bond acceptors (Lipinski definition) is 2. The van der Waals surface area contributed by atoms with Gasteiger partial charge in [-0.2, -0.15) is 0 Å². The summed E-state index contributed by atoms with van der Waals surface area (Å²) in [5, 5.41) is 8.66. The van der Waals surface area contributed by atoms with Gasteiger partial charge in [-0.3, -0.25) is 4.79 Å². The minimum Gasteiger partial charge on any atom is -0.481 e. The summed E-state index contributed by atoms with van der Waals surface area (Å²) < 4.78 is 2.20. The highest BCUT2D eigenvalue weighted by Gasteiger charge is 2.13. The third-order valence-corrected chi connectivity index (χ3v) is 3.75. The molecule has 1 aromatic rings. The maximum absolute atomic E-state index is 10.5. The molecule has 1 saturated carbocycles.